The minimum absolute atomic E-state index is 0.308. The summed E-state index contributed by atoms with van der Waals surface area (Å²) in [5.74, 6) is 0. The van der Waals surface area contributed by atoms with Gasteiger partial charge >= 0.3 is 0 Å². The van der Waals surface area contributed by atoms with Crippen LogP contribution in [0.25, 0.3) is 6.08 Å². The average molecular weight is 266 g/mol. The second-order valence-electron chi connectivity index (χ2n) is 5.82. The Labute approximate surface area is 108 Å². The molecule has 0 radical (unpaired) electrons. The van der Waals surface area contributed by atoms with Crippen molar-refractivity contribution in [2.75, 3.05) is 0 Å². The van der Waals surface area contributed by atoms with Crippen LogP contribution in [0, 0.1) is 5.41 Å². The lowest BCUT2D eigenvalue weighted by molar-refractivity contribution is 0.287. The molecule has 0 saturated carbocycles. The van der Waals surface area contributed by atoms with Crippen molar-refractivity contribution in [1.29, 1.82) is 0 Å². The van der Waals surface area contributed by atoms with E-state index in [1.54, 1.807) is 12.2 Å². The lowest BCUT2D eigenvalue weighted by Gasteiger charge is -2.41. The van der Waals surface area contributed by atoms with Crippen LogP contribution in [0.2, 0.25) is 0 Å². The van der Waals surface area contributed by atoms with Crippen LogP contribution in [0.3, 0.4) is 0 Å². The molecule has 1 atom stereocenters. The van der Waals surface area contributed by atoms with Gasteiger partial charge in [0.15, 0.2) is 0 Å². The molecule has 1 aromatic rings. The lowest BCUT2D eigenvalue weighted by Crippen LogP contribution is -2.50. The molecule has 3 nitrogen and oxygen atoms in total. The van der Waals surface area contributed by atoms with Gasteiger partial charge in [-0.05, 0) is 23.0 Å². The van der Waals surface area contributed by atoms with Crippen LogP contribution in [-0.2, 0) is 16.5 Å². The zero-order valence-electron chi connectivity index (χ0n) is 10.8. The average Bonchev–Trinajstić information content (AvgIpc) is 2.25. The van der Waals surface area contributed by atoms with Gasteiger partial charge in [0.1, 0.15) is 4.75 Å². The molecular weight excluding hydrogens is 248 g/mol. The van der Waals surface area contributed by atoms with Crippen molar-refractivity contribution in [2.45, 2.75) is 31.9 Å². The highest BCUT2D eigenvalue weighted by Crippen LogP contribution is 2.44. The Morgan fingerprint density at radius 1 is 1.22 bits per heavy atom. The van der Waals surface area contributed by atoms with Gasteiger partial charge < -0.3 is 0 Å². The summed E-state index contributed by atoms with van der Waals surface area (Å²) in [6.07, 6.45) is 3.73. The summed E-state index contributed by atoms with van der Waals surface area (Å²) in [6.45, 7) is 5.50. The first-order valence-electron chi connectivity index (χ1n) is 5.92. The fourth-order valence-electron chi connectivity index (χ4n) is 2.50. The predicted octanol–water partition coefficient (Wildman–Crippen LogP) is 2.93. The molecule has 0 amide bonds. The molecule has 0 spiro atoms. The van der Waals surface area contributed by atoms with Gasteiger partial charge in [-0.15, -0.1) is 0 Å². The predicted molar refractivity (Wildman–Crippen MR) is 72.9 cm³/mol. The van der Waals surface area contributed by atoms with Crippen molar-refractivity contribution >= 4 is 16.2 Å². The summed E-state index contributed by atoms with van der Waals surface area (Å²) in [5.41, 5.74) is 1.39. The van der Waals surface area contributed by atoms with Gasteiger partial charge in [0.2, 0.25) is 0 Å². The minimum Gasteiger partial charge on any atom is -0.285 e. The zero-order valence-corrected chi connectivity index (χ0v) is 11.7. The van der Waals surface area contributed by atoms with E-state index in [-0.39, 0.29) is 0 Å². The van der Waals surface area contributed by atoms with Crippen LogP contribution >= 0.6 is 0 Å². The Morgan fingerprint density at radius 2 is 1.83 bits per heavy atom. The molecule has 1 unspecified atom stereocenters. The molecule has 0 saturated heterocycles. The lowest BCUT2D eigenvalue weighted by atomic mass is 9.73. The molecule has 1 aliphatic carbocycles. The van der Waals surface area contributed by atoms with Crippen molar-refractivity contribution in [3.05, 3.63) is 41.5 Å². The Balaban J connectivity index is 2.64. The quantitative estimate of drug-likeness (QED) is 0.795. The van der Waals surface area contributed by atoms with Crippen LogP contribution < -0.4 is 0 Å². The number of hydrogen-bond donors (Lipinski definition) is 1. The van der Waals surface area contributed by atoms with Crippen molar-refractivity contribution < 1.29 is 13.0 Å². The van der Waals surface area contributed by atoms with E-state index >= 15 is 0 Å². The third kappa shape index (κ3) is 1.89. The van der Waals surface area contributed by atoms with E-state index in [0.717, 1.165) is 11.1 Å². The molecule has 1 aromatic carbocycles. The molecule has 0 fully saturated rings. The maximum atomic E-state index is 11.9. The fourth-order valence-corrected chi connectivity index (χ4v) is 3.86. The SMILES string of the molecule is CC(C)(C)C1(S(=O)(=O)O)C=Cc2ccccc2C1. The fraction of sp³-hybridized carbons (Fsp3) is 0.429. The smallest absolute Gasteiger partial charge is 0.275 e. The van der Waals surface area contributed by atoms with E-state index in [2.05, 4.69) is 0 Å². The number of hydrogen-bond acceptors (Lipinski definition) is 2. The Hall–Kier alpha value is -1.13. The molecule has 0 bridgehead atoms. The van der Waals surface area contributed by atoms with Gasteiger partial charge in [-0.2, -0.15) is 8.42 Å². The summed E-state index contributed by atoms with van der Waals surface area (Å²) >= 11 is 0. The first kappa shape index (κ1) is 13.3. The molecule has 1 N–H and O–H groups in total. The molecule has 0 aliphatic heterocycles. The maximum Gasteiger partial charge on any atom is 0.275 e. The van der Waals surface area contributed by atoms with E-state index in [9.17, 15) is 13.0 Å². The standard InChI is InChI=1S/C14H18O3S/c1-13(2,3)14(18(15,16)17)9-8-11-6-4-5-7-12(11)10-14/h4-9H,10H2,1-3H3,(H,15,16,17). The largest absolute Gasteiger partial charge is 0.285 e. The Morgan fingerprint density at radius 3 is 2.39 bits per heavy atom. The van der Waals surface area contributed by atoms with Gasteiger partial charge in [0, 0.05) is 0 Å². The van der Waals surface area contributed by atoms with Crippen molar-refractivity contribution in [3.8, 4) is 0 Å². The van der Waals surface area contributed by atoms with Gasteiger partial charge in [-0.3, -0.25) is 4.55 Å². The molecule has 4 heteroatoms. The van der Waals surface area contributed by atoms with E-state index in [1.165, 1.54) is 0 Å². The van der Waals surface area contributed by atoms with Crippen LogP contribution in [-0.4, -0.2) is 17.7 Å². The zero-order chi connectivity index (χ0) is 13.6. The molecule has 98 valence electrons. The van der Waals surface area contributed by atoms with Crippen molar-refractivity contribution in [1.82, 2.24) is 0 Å². The van der Waals surface area contributed by atoms with Gasteiger partial charge in [-0.25, -0.2) is 0 Å². The van der Waals surface area contributed by atoms with Crippen LogP contribution in [0.4, 0.5) is 0 Å². The van der Waals surface area contributed by atoms with Crippen LogP contribution in [0.15, 0.2) is 30.3 Å². The third-order valence-electron chi connectivity index (χ3n) is 3.77. The summed E-state index contributed by atoms with van der Waals surface area (Å²) in [7, 11) is -4.17. The number of fused-ring (bicyclic) bond motifs is 1. The van der Waals surface area contributed by atoms with Crippen molar-refractivity contribution in [3.63, 3.8) is 0 Å². The first-order chi connectivity index (χ1) is 8.17. The summed E-state index contributed by atoms with van der Waals surface area (Å²) < 4.78 is 32.2. The Kier molecular flexibility index (Phi) is 2.91. The topological polar surface area (TPSA) is 54.4 Å². The second-order valence-corrected chi connectivity index (χ2v) is 7.50. The summed E-state index contributed by atoms with van der Waals surface area (Å²) in [4.78, 5) is 0. The van der Waals surface area contributed by atoms with Gasteiger partial charge in [-0.1, -0.05) is 57.2 Å². The van der Waals surface area contributed by atoms with E-state index < -0.39 is 20.3 Å². The molecule has 0 aromatic heterocycles. The highest BCUT2D eigenvalue weighted by Gasteiger charge is 2.51. The normalized spacial score (nSPS) is 23.8. The molecular formula is C14H18O3S. The van der Waals surface area contributed by atoms with Crippen molar-refractivity contribution in [2.24, 2.45) is 5.41 Å². The molecule has 0 heterocycles. The monoisotopic (exact) mass is 266 g/mol. The second kappa shape index (κ2) is 3.93. The third-order valence-corrected chi connectivity index (χ3v) is 5.58. The summed E-state index contributed by atoms with van der Waals surface area (Å²) in [6, 6.07) is 7.66. The van der Waals surface area contributed by atoms with Crippen LogP contribution in [0.1, 0.15) is 31.9 Å². The highest BCUT2D eigenvalue weighted by molar-refractivity contribution is 7.87. The van der Waals surface area contributed by atoms with Gasteiger partial charge in [0.05, 0.1) is 0 Å². The van der Waals surface area contributed by atoms with E-state index in [1.807, 2.05) is 45.0 Å². The molecule has 1 aliphatic rings. The highest BCUT2D eigenvalue weighted by atomic mass is 32.2. The molecule has 18 heavy (non-hydrogen) atoms. The van der Waals surface area contributed by atoms with Gasteiger partial charge in [0.25, 0.3) is 10.1 Å². The van der Waals surface area contributed by atoms with E-state index in [0.29, 0.717) is 6.42 Å². The number of benzene rings is 1. The maximum absolute atomic E-state index is 11.9. The Bertz CT molecular complexity index is 594. The van der Waals surface area contributed by atoms with Crippen LogP contribution in [0.5, 0.6) is 0 Å². The van der Waals surface area contributed by atoms with E-state index in [4.69, 9.17) is 0 Å². The molecule has 2 rings (SSSR count). The summed E-state index contributed by atoms with van der Waals surface area (Å²) in [5, 5.41) is 0. The minimum atomic E-state index is -4.17. The number of rotatable bonds is 1. The first-order valence-corrected chi connectivity index (χ1v) is 7.36.